The Morgan fingerprint density at radius 3 is 2.96 bits per heavy atom. The fraction of sp³-hybridized carbons (Fsp3) is 0.412. The monoisotopic (exact) mass is 329 g/mol. The number of carbonyl (C=O) groups is 1. The van der Waals surface area contributed by atoms with Gasteiger partial charge in [-0.3, -0.25) is 4.79 Å². The summed E-state index contributed by atoms with van der Waals surface area (Å²) in [5, 5.41) is 7.17. The van der Waals surface area contributed by atoms with Crippen LogP contribution in [0.25, 0.3) is 0 Å². The molecule has 2 atom stereocenters. The molecule has 2 aliphatic heterocycles. The summed E-state index contributed by atoms with van der Waals surface area (Å²) in [5.74, 6) is 2.10. The van der Waals surface area contributed by atoms with Crippen LogP contribution < -0.4 is 14.8 Å². The summed E-state index contributed by atoms with van der Waals surface area (Å²) in [6.07, 6.45) is 2.01. The van der Waals surface area contributed by atoms with Crippen LogP contribution in [-0.4, -0.2) is 41.6 Å². The Morgan fingerprint density at radius 1 is 1.25 bits per heavy atom. The Labute approximate surface area is 139 Å². The van der Waals surface area contributed by atoms with Crippen molar-refractivity contribution in [2.75, 3.05) is 25.1 Å². The van der Waals surface area contributed by atoms with E-state index in [-0.39, 0.29) is 12.5 Å². The van der Waals surface area contributed by atoms with Crippen LogP contribution in [0.4, 0.5) is 5.82 Å². The molecule has 1 amide bonds. The fourth-order valence-corrected chi connectivity index (χ4v) is 2.91. The number of fused-ring (bicyclic) bond motifs is 1. The summed E-state index contributed by atoms with van der Waals surface area (Å²) in [4.78, 5) is 12.5. The SMILES string of the molecule is O=C(Nc1ccnn1C[C@H]1CCOC1)[C@@H]1COc2ccccc2O1. The molecule has 0 unspecified atom stereocenters. The molecule has 0 radical (unpaired) electrons. The summed E-state index contributed by atoms with van der Waals surface area (Å²) < 4.78 is 18.5. The minimum atomic E-state index is -0.682. The van der Waals surface area contributed by atoms with Crippen molar-refractivity contribution in [3.05, 3.63) is 36.5 Å². The van der Waals surface area contributed by atoms with Gasteiger partial charge in [-0.2, -0.15) is 5.10 Å². The molecule has 0 bridgehead atoms. The van der Waals surface area contributed by atoms with Gasteiger partial charge in [0.05, 0.1) is 12.8 Å². The fourth-order valence-electron chi connectivity index (χ4n) is 2.91. The molecule has 7 nitrogen and oxygen atoms in total. The normalized spacial score (nSPS) is 22.3. The summed E-state index contributed by atoms with van der Waals surface area (Å²) in [5.41, 5.74) is 0. The lowest BCUT2D eigenvalue weighted by Gasteiger charge is -2.25. The molecule has 126 valence electrons. The van der Waals surface area contributed by atoms with Crippen LogP contribution in [0.3, 0.4) is 0 Å². The van der Waals surface area contributed by atoms with Gasteiger partial charge in [-0.05, 0) is 18.6 Å². The number of rotatable bonds is 4. The van der Waals surface area contributed by atoms with Crippen molar-refractivity contribution in [1.82, 2.24) is 9.78 Å². The number of nitrogens with one attached hydrogen (secondary N) is 1. The first-order valence-corrected chi connectivity index (χ1v) is 8.08. The largest absolute Gasteiger partial charge is 0.485 e. The first-order valence-electron chi connectivity index (χ1n) is 8.08. The number of nitrogens with zero attached hydrogens (tertiary/aromatic N) is 2. The molecular weight excluding hydrogens is 310 g/mol. The lowest BCUT2D eigenvalue weighted by Crippen LogP contribution is -2.40. The smallest absolute Gasteiger partial charge is 0.270 e. The maximum Gasteiger partial charge on any atom is 0.270 e. The van der Waals surface area contributed by atoms with Crippen LogP contribution in [-0.2, 0) is 16.1 Å². The molecule has 24 heavy (non-hydrogen) atoms. The van der Waals surface area contributed by atoms with Crippen molar-refractivity contribution in [2.24, 2.45) is 5.92 Å². The predicted octanol–water partition coefficient (Wildman–Crippen LogP) is 1.70. The van der Waals surface area contributed by atoms with Gasteiger partial charge in [-0.15, -0.1) is 0 Å². The third-order valence-electron chi connectivity index (χ3n) is 4.22. The topological polar surface area (TPSA) is 74.6 Å². The maximum absolute atomic E-state index is 12.5. The van der Waals surface area contributed by atoms with E-state index in [0.29, 0.717) is 23.2 Å². The number of amides is 1. The van der Waals surface area contributed by atoms with Crippen molar-refractivity contribution in [3.63, 3.8) is 0 Å². The van der Waals surface area contributed by atoms with Gasteiger partial charge in [0.2, 0.25) is 6.10 Å². The number of aromatic nitrogens is 2. The second-order valence-electron chi connectivity index (χ2n) is 5.98. The van der Waals surface area contributed by atoms with E-state index in [2.05, 4.69) is 10.4 Å². The van der Waals surface area contributed by atoms with E-state index < -0.39 is 6.10 Å². The number of carbonyl (C=O) groups excluding carboxylic acids is 1. The quantitative estimate of drug-likeness (QED) is 0.924. The van der Waals surface area contributed by atoms with Crippen molar-refractivity contribution in [2.45, 2.75) is 19.1 Å². The zero-order chi connectivity index (χ0) is 16.4. The standard InChI is InChI=1S/C17H19N3O4/c21-17(15-11-23-13-3-1-2-4-14(13)24-15)19-16-5-7-18-20(16)9-12-6-8-22-10-12/h1-5,7,12,15H,6,8-11H2,(H,19,21)/t12-,15+/m1/s1. The van der Waals surface area contributed by atoms with Crippen LogP contribution in [0.5, 0.6) is 11.5 Å². The van der Waals surface area contributed by atoms with E-state index in [4.69, 9.17) is 14.2 Å². The highest BCUT2D eigenvalue weighted by Gasteiger charge is 2.28. The van der Waals surface area contributed by atoms with E-state index in [0.717, 1.165) is 26.2 Å². The van der Waals surface area contributed by atoms with Crippen LogP contribution in [0.2, 0.25) is 0 Å². The molecule has 0 spiro atoms. The number of para-hydroxylation sites is 2. The molecule has 0 saturated carbocycles. The number of hydrogen-bond acceptors (Lipinski definition) is 5. The molecule has 1 saturated heterocycles. The summed E-state index contributed by atoms with van der Waals surface area (Å²) in [7, 11) is 0. The average Bonchev–Trinajstić information content (AvgIpc) is 3.27. The van der Waals surface area contributed by atoms with Crippen LogP contribution in [0.1, 0.15) is 6.42 Å². The van der Waals surface area contributed by atoms with Gasteiger partial charge in [0.25, 0.3) is 5.91 Å². The average molecular weight is 329 g/mol. The minimum absolute atomic E-state index is 0.188. The summed E-state index contributed by atoms with van der Waals surface area (Å²) in [6.45, 7) is 2.45. The molecule has 1 N–H and O–H groups in total. The van der Waals surface area contributed by atoms with Crippen molar-refractivity contribution < 1.29 is 19.0 Å². The Bertz CT molecular complexity index is 724. The van der Waals surface area contributed by atoms with E-state index in [9.17, 15) is 4.79 Å². The van der Waals surface area contributed by atoms with Gasteiger partial charge in [-0.25, -0.2) is 4.68 Å². The Kier molecular flexibility index (Phi) is 4.08. The Hall–Kier alpha value is -2.54. The first-order chi connectivity index (χ1) is 11.8. The molecule has 1 fully saturated rings. The maximum atomic E-state index is 12.5. The highest BCUT2D eigenvalue weighted by atomic mass is 16.6. The minimum Gasteiger partial charge on any atom is -0.485 e. The number of benzene rings is 1. The highest BCUT2D eigenvalue weighted by Crippen LogP contribution is 2.31. The number of hydrogen-bond donors (Lipinski definition) is 1. The summed E-state index contributed by atoms with van der Waals surface area (Å²) in [6, 6.07) is 9.11. The first kappa shape index (κ1) is 15.0. The molecule has 3 heterocycles. The third-order valence-corrected chi connectivity index (χ3v) is 4.22. The van der Waals surface area contributed by atoms with Gasteiger partial charge < -0.3 is 19.5 Å². The zero-order valence-corrected chi connectivity index (χ0v) is 13.2. The molecule has 0 aliphatic carbocycles. The van der Waals surface area contributed by atoms with Gasteiger partial charge in [0, 0.05) is 25.1 Å². The van der Waals surface area contributed by atoms with E-state index in [1.165, 1.54) is 0 Å². The van der Waals surface area contributed by atoms with Gasteiger partial charge in [-0.1, -0.05) is 12.1 Å². The lowest BCUT2D eigenvalue weighted by atomic mass is 10.1. The molecular formula is C17H19N3O4. The second kappa shape index (κ2) is 6.52. The van der Waals surface area contributed by atoms with Gasteiger partial charge >= 0.3 is 0 Å². The van der Waals surface area contributed by atoms with E-state index in [1.54, 1.807) is 23.0 Å². The number of ether oxygens (including phenoxy) is 3. The van der Waals surface area contributed by atoms with Gasteiger partial charge in [0.1, 0.15) is 12.4 Å². The van der Waals surface area contributed by atoms with Crippen molar-refractivity contribution in [3.8, 4) is 11.5 Å². The summed E-state index contributed by atoms with van der Waals surface area (Å²) >= 11 is 0. The van der Waals surface area contributed by atoms with Crippen molar-refractivity contribution >= 4 is 11.7 Å². The number of anilines is 1. The molecule has 1 aromatic carbocycles. The van der Waals surface area contributed by atoms with Crippen molar-refractivity contribution in [1.29, 1.82) is 0 Å². The van der Waals surface area contributed by atoms with Crippen LogP contribution in [0.15, 0.2) is 36.5 Å². The van der Waals surface area contributed by atoms with E-state index >= 15 is 0 Å². The Balaban J connectivity index is 1.41. The predicted molar refractivity (Wildman–Crippen MR) is 86.1 cm³/mol. The van der Waals surface area contributed by atoms with Crippen LogP contribution >= 0.6 is 0 Å². The molecule has 2 aromatic rings. The second-order valence-corrected chi connectivity index (χ2v) is 5.98. The Morgan fingerprint density at radius 2 is 2.12 bits per heavy atom. The van der Waals surface area contributed by atoms with E-state index in [1.807, 2.05) is 18.2 Å². The molecule has 2 aliphatic rings. The zero-order valence-electron chi connectivity index (χ0n) is 13.2. The highest BCUT2D eigenvalue weighted by molar-refractivity contribution is 5.94. The molecule has 4 rings (SSSR count). The molecule has 1 aromatic heterocycles. The third kappa shape index (κ3) is 3.07. The van der Waals surface area contributed by atoms with Crippen LogP contribution in [0, 0.1) is 5.92 Å². The van der Waals surface area contributed by atoms with Gasteiger partial charge in [0.15, 0.2) is 11.5 Å². The lowest BCUT2D eigenvalue weighted by molar-refractivity contribution is -0.125. The molecule has 7 heteroatoms.